The van der Waals surface area contributed by atoms with Crippen LogP contribution < -0.4 is 52.8 Å². The van der Waals surface area contributed by atoms with E-state index in [1.54, 1.807) is 0 Å². The number of aryl methyl sites for hydroxylation is 6. The van der Waals surface area contributed by atoms with Gasteiger partial charge < -0.3 is 37.2 Å². The summed E-state index contributed by atoms with van der Waals surface area (Å²) >= 11 is 0. The monoisotopic (exact) mass is 886 g/mol. The Hall–Kier alpha value is -3.40. The number of hydrogen-bond donors (Lipinski definition) is 0. The topological polar surface area (TPSA) is 0 Å². The number of benzene rings is 6. The molecule has 6 aromatic carbocycles. The van der Waals surface area contributed by atoms with Crippen LogP contribution in [0.4, 0.5) is 0 Å². The minimum atomic E-state index is -3.21. The van der Waals surface area contributed by atoms with Crippen LogP contribution in [0.1, 0.15) is 94.5 Å². The fraction of sp³-hybridized carbons (Fsp3) is 0.259. The van der Waals surface area contributed by atoms with Crippen LogP contribution in [0.3, 0.4) is 0 Å². The molecular weight excluding hydrogens is 831 g/mol. The normalized spacial score (nSPS) is 14.7. The van der Waals surface area contributed by atoms with E-state index < -0.39 is 8.07 Å². The van der Waals surface area contributed by atoms with E-state index in [1.165, 1.54) is 99.0 Å². The molecule has 0 amide bonds. The van der Waals surface area contributed by atoms with Crippen LogP contribution in [0.2, 0.25) is 5.04 Å². The summed E-state index contributed by atoms with van der Waals surface area (Å²) in [5.41, 5.74) is 20.6. The maximum Gasteiger partial charge on any atom is 4.00 e. The predicted octanol–water partition coefficient (Wildman–Crippen LogP) is 2.65. The first-order chi connectivity index (χ1) is 26.3. The second-order valence-corrected chi connectivity index (χ2v) is 20.8. The third-order valence-electron chi connectivity index (χ3n) is 13.1. The fourth-order valence-electron chi connectivity index (χ4n) is 9.40. The number of hydrogen-bond acceptors (Lipinski definition) is 0. The number of rotatable bonds is 10. The van der Waals surface area contributed by atoms with Crippen molar-refractivity contribution in [3.8, 4) is 0 Å². The van der Waals surface area contributed by atoms with E-state index in [-0.39, 0.29) is 64.0 Å². The average Bonchev–Trinajstić information content (AvgIpc) is 3.37. The molecule has 1 aliphatic rings. The Morgan fingerprint density at radius 3 is 0.949 bits per heavy atom. The molecule has 0 bridgehead atoms. The van der Waals surface area contributed by atoms with Gasteiger partial charge in [-0.15, -0.1) is 6.92 Å². The minimum absolute atomic E-state index is 0. The van der Waals surface area contributed by atoms with E-state index in [2.05, 4.69) is 203 Å². The summed E-state index contributed by atoms with van der Waals surface area (Å²) in [6, 6.07) is 48.9. The van der Waals surface area contributed by atoms with Gasteiger partial charge in [0.1, 0.15) is 8.07 Å². The minimum Gasteiger partial charge on any atom is -1.00 e. The number of allylic oxidation sites excluding steroid dienone is 4. The van der Waals surface area contributed by atoms with Crippen molar-refractivity contribution in [1.29, 1.82) is 0 Å². The second-order valence-electron chi connectivity index (χ2n) is 16.6. The second kappa shape index (κ2) is 20.4. The summed E-state index contributed by atoms with van der Waals surface area (Å²) in [5.74, 6) is 0. The van der Waals surface area contributed by atoms with Gasteiger partial charge in [-0.3, -0.25) is 6.08 Å². The van der Waals surface area contributed by atoms with Gasteiger partial charge in [-0.25, -0.2) is 5.57 Å². The van der Waals surface area contributed by atoms with Gasteiger partial charge in [0.2, 0.25) is 0 Å². The van der Waals surface area contributed by atoms with Crippen LogP contribution in [-0.4, -0.2) is 8.07 Å². The molecule has 59 heavy (non-hydrogen) atoms. The summed E-state index contributed by atoms with van der Waals surface area (Å²) in [6.45, 7) is 23.5. The van der Waals surface area contributed by atoms with Crippen LogP contribution in [0, 0.1) is 47.6 Å². The maximum absolute atomic E-state index is 4.35. The van der Waals surface area contributed by atoms with Gasteiger partial charge in [-0.1, -0.05) is 153 Å². The van der Waals surface area contributed by atoms with E-state index in [4.69, 9.17) is 0 Å². The zero-order valence-corrected chi connectivity index (χ0v) is 41.2. The largest absolute Gasteiger partial charge is 4.00 e. The first-order valence-corrected chi connectivity index (χ1v) is 22.1. The van der Waals surface area contributed by atoms with E-state index in [0.717, 1.165) is 19.3 Å². The van der Waals surface area contributed by atoms with Gasteiger partial charge in [0.05, 0.1) is 0 Å². The van der Waals surface area contributed by atoms with E-state index in [9.17, 15) is 0 Å². The quantitative estimate of drug-likeness (QED) is 0.113. The van der Waals surface area contributed by atoms with Crippen molar-refractivity contribution in [1.82, 2.24) is 0 Å². The van der Waals surface area contributed by atoms with Gasteiger partial charge in [-0.2, -0.15) is 11.1 Å². The van der Waals surface area contributed by atoms with Gasteiger partial charge in [-0.05, 0) is 143 Å². The summed E-state index contributed by atoms with van der Waals surface area (Å²) in [6.07, 6.45) is 6.98. The summed E-state index contributed by atoms with van der Waals surface area (Å²) in [5, 5.41) is 4.18. The molecule has 0 aliphatic heterocycles. The molecule has 1 atom stereocenters. The van der Waals surface area contributed by atoms with Crippen molar-refractivity contribution in [3.05, 3.63) is 217 Å². The van der Waals surface area contributed by atoms with E-state index in [1.807, 2.05) is 0 Å². The van der Waals surface area contributed by atoms with Gasteiger partial charge in [0, 0.05) is 0 Å². The molecule has 0 nitrogen and oxygen atoms in total. The third-order valence-corrected chi connectivity index (χ3v) is 19.0. The molecule has 5 heteroatoms. The fourth-order valence-corrected chi connectivity index (χ4v) is 16.2. The molecular formula is C54H57Cl3SiTi. The Balaban J connectivity index is 0.00000233. The van der Waals surface area contributed by atoms with Gasteiger partial charge in [0.25, 0.3) is 0 Å². The summed E-state index contributed by atoms with van der Waals surface area (Å²) < 4.78 is 0. The molecule has 0 heterocycles. The molecule has 0 saturated heterocycles. The van der Waals surface area contributed by atoms with Crippen molar-refractivity contribution >= 4 is 23.6 Å². The van der Waals surface area contributed by atoms with Crippen molar-refractivity contribution in [2.75, 3.05) is 0 Å². The van der Waals surface area contributed by atoms with Crippen LogP contribution >= 0.6 is 0 Å². The van der Waals surface area contributed by atoms with Crippen LogP contribution in [0.25, 0.3) is 0 Å². The smallest absolute Gasteiger partial charge is 1.00 e. The molecule has 1 unspecified atom stereocenters. The van der Waals surface area contributed by atoms with Crippen LogP contribution in [-0.2, 0) is 41.0 Å². The van der Waals surface area contributed by atoms with Gasteiger partial charge >= 0.3 is 21.7 Å². The standard InChI is InChI=1S/C54H57Si.3ClH.Ti/c1-36-26-48(32-45-20-14-11-15-21-45)51(29-39(36)4)55(54(10)35-42(7)43(8)44(54)9,52-30-40(5)37(2)27-49(52)33-46-22-16-12-17-23-46)53-31-41(6)38(3)28-50(53)34-47-24-18-13-19-25-47;;;;/h11-31H,32-34H2,1-10H3;3*1H;/q-1;;;;+4/p-3. The average molecular weight is 888 g/mol. The first kappa shape index (κ1) is 50.0. The molecule has 0 N–H and O–H groups in total. The Bertz CT molecular complexity index is 2220. The predicted molar refractivity (Wildman–Crippen MR) is 239 cm³/mol. The number of halogens is 3. The van der Waals surface area contributed by atoms with Gasteiger partial charge in [0.15, 0.2) is 0 Å². The van der Waals surface area contributed by atoms with Crippen LogP contribution in [0.5, 0.6) is 0 Å². The van der Waals surface area contributed by atoms with E-state index in [0.29, 0.717) is 0 Å². The molecule has 0 saturated carbocycles. The molecule has 7 rings (SSSR count). The molecule has 0 spiro atoms. The zero-order valence-electron chi connectivity index (χ0n) is 36.4. The van der Waals surface area contributed by atoms with E-state index >= 15 is 0 Å². The maximum atomic E-state index is 4.35. The Labute approximate surface area is 390 Å². The Morgan fingerprint density at radius 1 is 0.424 bits per heavy atom. The third kappa shape index (κ3) is 9.43. The molecule has 0 aromatic heterocycles. The SMILES string of the molecule is CC1=[C-]C(C)([Si](c2cc(C)c(C)cc2Cc2ccccc2)(c2cc(C)c(C)cc2Cc2ccccc2)c2cc(C)c(C)cc2Cc2ccccc2)C(C)=C1C.[Cl-].[Cl-].[Cl-].[Ti+4]. The van der Waals surface area contributed by atoms with Crippen LogP contribution in [0.15, 0.2) is 144 Å². The summed E-state index contributed by atoms with van der Waals surface area (Å²) in [4.78, 5) is 0. The molecule has 302 valence electrons. The first-order valence-electron chi connectivity index (χ1n) is 20.1. The van der Waals surface area contributed by atoms with Crippen molar-refractivity contribution < 1.29 is 58.9 Å². The Morgan fingerprint density at radius 2 is 0.695 bits per heavy atom. The molecule has 1 aliphatic carbocycles. The molecule has 6 aromatic rings. The summed E-state index contributed by atoms with van der Waals surface area (Å²) in [7, 11) is -3.21. The molecule has 0 fully saturated rings. The molecule has 0 radical (unpaired) electrons. The van der Waals surface area contributed by atoms with Crippen molar-refractivity contribution in [2.24, 2.45) is 0 Å². The zero-order chi connectivity index (χ0) is 39.1. The van der Waals surface area contributed by atoms with Crippen molar-refractivity contribution in [2.45, 2.75) is 93.5 Å². The Kier molecular flexibility index (Phi) is 17.3. The van der Waals surface area contributed by atoms with Crippen molar-refractivity contribution in [3.63, 3.8) is 0 Å².